The van der Waals surface area contributed by atoms with Crippen molar-refractivity contribution < 1.29 is 0 Å². The van der Waals surface area contributed by atoms with Crippen molar-refractivity contribution in [3.05, 3.63) is 194 Å². The van der Waals surface area contributed by atoms with Gasteiger partial charge >= 0.3 is 0 Å². The molecule has 0 N–H and O–H groups in total. The Balaban J connectivity index is 1.09. The maximum Gasteiger partial charge on any atom is 0.160 e. The largest absolute Gasteiger partial charge is 0.309 e. The van der Waals surface area contributed by atoms with Crippen molar-refractivity contribution >= 4 is 54.4 Å². The van der Waals surface area contributed by atoms with Crippen LogP contribution in [0.2, 0.25) is 0 Å². The van der Waals surface area contributed by atoms with Crippen molar-refractivity contribution in [3.63, 3.8) is 0 Å². The Morgan fingerprint density at radius 2 is 0.873 bits per heavy atom. The van der Waals surface area contributed by atoms with Crippen LogP contribution in [0.15, 0.2) is 194 Å². The van der Waals surface area contributed by atoms with Crippen LogP contribution in [-0.4, -0.2) is 19.5 Å². The second kappa shape index (κ2) is 12.6. The lowest BCUT2D eigenvalue weighted by atomic mass is 9.95. The first-order valence-corrected chi connectivity index (χ1v) is 18.6. The van der Waals surface area contributed by atoms with Crippen LogP contribution in [0.3, 0.4) is 0 Å². The fourth-order valence-electron chi connectivity index (χ4n) is 8.15. The van der Waals surface area contributed by atoms with Crippen LogP contribution in [0.4, 0.5) is 0 Å². The van der Waals surface area contributed by atoms with Crippen molar-refractivity contribution in [1.82, 2.24) is 19.5 Å². The predicted octanol–water partition coefficient (Wildman–Crippen LogP) is 13.1. The molecule has 8 aromatic carbocycles. The summed E-state index contributed by atoms with van der Waals surface area (Å²) in [5.74, 6) is 0.713. The Kier molecular flexibility index (Phi) is 7.14. The van der Waals surface area contributed by atoms with Crippen LogP contribution in [0.1, 0.15) is 0 Å². The Morgan fingerprint density at radius 1 is 0.291 bits per heavy atom. The number of rotatable bonds is 5. The van der Waals surface area contributed by atoms with E-state index in [1.54, 1.807) is 0 Å². The van der Waals surface area contributed by atoms with Crippen LogP contribution in [0.5, 0.6) is 0 Å². The minimum atomic E-state index is 0.713. The van der Waals surface area contributed by atoms with Gasteiger partial charge in [-0.05, 0) is 65.0 Å². The van der Waals surface area contributed by atoms with E-state index < -0.39 is 0 Å². The first kappa shape index (κ1) is 31.1. The number of pyridine rings is 1. The molecule has 0 aliphatic heterocycles. The van der Waals surface area contributed by atoms with Crippen LogP contribution >= 0.6 is 0 Å². The van der Waals surface area contributed by atoms with Gasteiger partial charge in [0.25, 0.3) is 0 Å². The fourth-order valence-corrected chi connectivity index (χ4v) is 8.15. The zero-order valence-electron chi connectivity index (χ0n) is 29.8. The normalized spacial score (nSPS) is 11.6. The second-order valence-corrected chi connectivity index (χ2v) is 14.0. The van der Waals surface area contributed by atoms with Crippen molar-refractivity contribution in [1.29, 1.82) is 0 Å². The summed E-state index contributed by atoms with van der Waals surface area (Å²) >= 11 is 0. The highest BCUT2D eigenvalue weighted by Gasteiger charge is 2.18. The molecule has 0 saturated heterocycles. The summed E-state index contributed by atoms with van der Waals surface area (Å²) in [6.07, 6.45) is 0. The highest BCUT2D eigenvalue weighted by atomic mass is 15.0. The van der Waals surface area contributed by atoms with E-state index in [1.807, 2.05) is 18.2 Å². The molecule has 3 heterocycles. The number of aromatic nitrogens is 4. The molecule has 11 rings (SSSR count). The lowest BCUT2D eigenvalue weighted by molar-refractivity contribution is 1.18. The number of nitrogens with zero attached hydrogens (tertiary/aromatic N) is 4. The molecule has 0 radical (unpaired) electrons. The highest BCUT2D eigenvalue weighted by molar-refractivity contribution is 6.20. The van der Waals surface area contributed by atoms with Crippen molar-refractivity contribution in [3.8, 4) is 50.7 Å². The summed E-state index contributed by atoms with van der Waals surface area (Å²) in [6, 6.07) is 68.5. The average Bonchev–Trinajstić information content (AvgIpc) is 3.59. The van der Waals surface area contributed by atoms with Crippen molar-refractivity contribution in [2.45, 2.75) is 0 Å². The molecule has 256 valence electrons. The van der Waals surface area contributed by atoms with Gasteiger partial charge in [0.05, 0.1) is 33.5 Å². The first-order chi connectivity index (χ1) is 27.3. The molecule has 55 heavy (non-hydrogen) atoms. The minimum Gasteiger partial charge on any atom is -0.309 e. The van der Waals surface area contributed by atoms with E-state index in [-0.39, 0.29) is 0 Å². The smallest absolute Gasteiger partial charge is 0.160 e. The lowest BCUT2D eigenvalue weighted by Gasteiger charge is -2.14. The third-order valence-corrected chi connectivity index (χ3v) is 10.8. The lowest BCUT2D eigenvalue weighted by Crippen LogP contribution is -1.95. The molecule has 0 unspecified atom stereocenters. The summed E-state index contributed by atoms with van der Waals surface area (Å²) in [5.41, 5.74) is 12.7. The molecule has 0 fully saturated rings. The van der Waals surface area contributed by atoms with Crippen LogP contribution in [-0.2, 0) is 0 Å². The number of para-hydroxylation sites is 3. The Labute approximate surface area is 317 Å². The van der Waals surface area contributed by atoms with E-state index in [4.69, 9.17) is 15.0 Å². The Hall–Kier alpha value is -7.43. The fraction of sp³-hybridized carbons (Fsp3) is 0. The van der Waals surface area contributed by atoms with E-state index in [2.05, 4.69) is 180 Å². The average molecular weight is 701 g/mol. The number of hydrogen-bond acceptors (Lipinski definition) is 3. The predicted molar refractivity (Wildman–Crippen MR) is 228 cm³/mol. The summed E-state index contributed by atoms with van der Waals surface area (Å²) in [6.45, 7) is 0. The quantitative estimate of drug-likeness (QED) is 0.168. The molecular weight excluding hydrogens is 669 g/mol. The topological polar surface area (TPSA) is 43.6 Å². The van der Waals surface area contributed by atoms with Gasteiger partial charge in [-0.1, -0.05) is 146 Å². The summed E-state index contributed by atoms with van der Waals surface area (Å²) < 4.78 is 2.38. The van der Waals surface area contributed by atoms with Gasteiger partial charge in [0.2, 0.25) is 0 Å². The number of fused-ring (bicyclic) bond motifs is 7. The molecule has 0 aliphatic carbocycles. The number of hydrogen-bond donors (Lipinski definition) is 0. The van der Waals surface area contributed by atoms with Gasteiger partial charge < -0.3 is 4.57 Å². The first-order valence-electron chi connectivity index (χ1n) is 18.6. The SMILES string of the molecule is c1ccc(-c2nc(-c3ccc(-c4ccc5nc(-c6ccccc6)c6cc7c(cc6c5c4)c4ccccc4n7-c4ccccc4)cc3)nc3ccccc23)cc1. The van der Waals surface area contributed by atoms with E-state index in [9.17, 15) is 0 Å². The molecule has 11 aromatic rings. The van der Waals surface area contributed by atoms with Crippen LogP contribution < -0.4 is 0 Å². The van der Waals surface area contributed by atoms with E-state index in [0.717, 1.165) is 77.6 Å². The zero-order valence-corrected chi connectivity index (χ0v) is 29.8. The van der Waals surface area contributed by atoms with Gasteiger partial charge in [0, 0.05) is 49.3 Å². The maximum atomic E-state index is 5.36. The molecule has 0 atom stereocenters. The highest BCUT2D eigenvalue weighted by Crippen LogP contribution is 2.41. The molecule has 0 spiro atoms. The third kappa shape index (κ3) is 5.19. The molecule has 0 aliphatic rings. The van der Waals surface area contributed by atoms with Gasteiger partial charge in [0.1, 0.15) is 0 Å². The molecule has 0 amide bonds. The zero-order chi connectivity index (χ0) is 36.3. The standard InChI is InChI=1S/C51H32N4/c1-4-14-34(15-5-1)49-40-21-10-12-22-45(40)53-51(54-49)36-26-24-33(25-27-36)37-28-29-46-42(30-37)41-31-43-39-20-11-13-23-47(39)55(38-18-8-3-9-19-38)48(43)32-44(41)50(52-46)35-16-6-2-7-17-35/h1-32H. The van der Waals surface area contributed by atoms with Gasteiger partial charge in [-0.3, -0.25) is 0 Å². The van der Waals surface area contributed by atoms with Gasteiger partial charge in [0.15, 0.2) is 5.82 Å². The van der Waals surface area contributed by atoms with E-state index in [0.29, 0.717) is 5.82 Å². The summed E-state index contributed by atoms with van der Waals surface area (Å²) in [7, 11) is 0. The molecule has 0 bridgehead atoms. The number of benzene rings is 8. The van der Waals surface area contributed by atoms with Crippen molar-refractivity contribution in [2.75, 3.05) is 0 Å². The third-order valence-electron chi connectivity index (χ3n) is 10.8. The minimum absolute atomic E-state index is 0.713. The van der Waals surface area contributed by atoms with E-state index >= 15 is 0 Å². The Morgan fingerprint density at radius 3 is 1.62 bits per heavy atom. The second-order valence-electron chi connectivity index (χ2n) is 14.0. The summed E-state index contributed by atoms with van der Waals surface area (Å²) in [5, 5.41) is 6.93. The van der Waals surface area contributed by atoms with Crippen molar-refractivity contribution in [2.24, 2.45) is 0 Å². The van der Waals surface area contributed by atoms with Crippen LogP contribution in [0, 0.1) is 0 Å². The van der Waals surface area contributed by atoms with Crippen LogP contribution in [0.25, 0.3) is 105 Å². The monoisotopic (exact) mass is 700 g/mol. The molecule has 0 saturated carbocycles. The van der Waals surface area contributed by atoms with Gasteiger partial charge in [-0.2, -0.15) is 0 Å². The molecular formula is C51H32N4. The maximum absolute atomic E-state index is 5.36. The summed E-state index contributed by atoms with van der Waals surface area (Å²) in [4.78, 5) is 15.4. The Bertz CT molecular complexity index is 3220. The van der Waals surface area contributed by atoms with Gasteiger partial charge in [-0.25, -0.2) is 15.0 Å². The molecule has 3 aromatic heterocycles. The van der Waals surface area contributed by atoms with E-state index in [1.165, 1.54) is 21.7 Å². The van der Waals surface area contributed by atoms with Gasteiger partial charge in [-0.15, -0.1) is 0 Å². The molecule has 4 nitrogen and oxygen atoms in total. The molecule has 4 heteroatoms.